The number of nitrogens with zero attached hydrogens (tertiary/aromatic N) is 3. The molecule has 0 atom stereocenters. The van der Waals surface area contributed by atoms with Crippen LogP contribution in [-0.2, 0) is 11.3 Å². The van der Waals surface area contributed by atoms with Crippen LogP contribution >= 0.6 is 0 Å². The summed E-state index contributed by atoms with van der Waals surface area (Å²) >= 11 is 0. The first kappa shape index (κ1) is 14.1. The Morgan fingerprint density at radius 2 is 1.84 bits per heavy atom. The second-order valence-electron chi connectivity index (χ2n) is 4.96. The van der Waals surface area contributed by atoms with Crippen molar-refractivity contribution in [3.05, 3.63) is 11.9 Å². The first-order valence-electron chi connectivity index (χ1n) is 7.25. The third kappa shape index (κ3) is 4.35. The van der Waals surface area contributed by atoms with E-state index in [0.717, 1.165) is 18.9 Å². The molecule has 5 heteroatoms. The molecule has 2 N–H and O–H groups in total. The van der Waals surface area contributed by atoms with Crippen molar-refractivity contribution in [2.24, 2.45) is 0 Å². The van der Waals surface area contributed by atoms with Crippen molar-refractivity contribution in [2.45, 2.75) is 45.6 Å². The van der Waals surface area contributed by atoms with Gasteiger partial charge in [-0.05, 0) is 19.8 Å². The molecule has 0 unspecified atom stereocenters. The van der Waals surface area contributed by atoms with Gasteiger partial charge in [-0.2, -0.15) is 0 Å². The van der Waals surface area contributed by atoms with Gasteiger partial charge < -0.3 is 15.4 Å². The molecule has 1 aromatic rings. The zero-order valence-corrected chi connectivity index (χ0v) is 11.8. The predicted molar refractivity (Wildman–Crippen MR) is 77.1 cm³/mol. The summed E-state index contributed by atoms with van der Waals surface area (Å²) in [6.07, 6.45) is 6.43. The van der Waals surface area contributed by atoms with Gasteiger partial charge in [0.15, 0.2) is 5.82 Å². The van der Waals surface area contributed by atoms with E-state index in [1.165, 1.54) is 32.1 Å². The predicted octanol–water partition coefficient (Wildman–Crippen LogP) is 2.37. The number of ether oxygens (including phenoxy) is 1. The lowest BCUT2D eigenvalue weighted by molar-refractivity contribution is 0.128. The van der Waals surface area contributed by atoms with Crippen molar-refractivity contribution < 1.29 is 4.74 Å². The van der Waals surface area contributed by atoms with Gasteiger partial charge in [0, 0.05) is 25.8 Å². The van der Waals surface area contributed by atoms with Crippen LogP contribution in [0.25, 0.3) is 0 Å². The van der Waals surface area contributed by atoms with Crippen LogP contribution in [0, 0.1) is 0 Å². The van der Waals surface area contributed by atoms with Crippen LogP contribution in [-0.4, -0.2) is 29.7 Å². The molecule has 0 aromatic carbocycles. The number of anilines is 2. The average Bonchev–Trinajstić information content (AvgIpc) is 2.35. The summed E-state index contributed by atoms with van der Waals surface area (Å²) in [6, 6.07) is 1.87. The minimum absolute atomic E-state index is 0.433. The van der Waals surface area contributed by atoms with Crippen molar-refractivity contribution in [2.75, 3.05) is 30.3 Å². The maximum atomic E-state index is 5.87. The van der Waals surface area contributed by atoms with Crippen molar-refractivity contribution in [3.63, 3.8) is 0 Å². The topological polar surface area (TPSA) is 64.3 Å². The van der Waals surface area contributed by atoms with Gasteiger partial charge in [-0.3, -0.25) is 0 Å². The van der Waals surface area contributed by atoms with Crippen LogP contribution in [0.15, 0.2) is 6.07 Å². The van der Waals surface area contributed by atoms with Gasteiger partial charge in [0.25, 0.3) is 0 Å². The molecule has 0 spiro atoms. The molecule has 0 amide bonds. The van der Waals surface area contributed by atoms with E-state index in [1.807, 2.05) is 13.0 Å². The Balaban J connectivity index is 2.10. The molecular weight excluding hydrogens is 240 g/mol. The lowest BCUT2D eigenvalue weighted by atomic mass is 10.1. The molecule has 2 heterocycles. The molecule has 106 valence electrons. The Morgan fingerprint density at radius 1 is 1.16 bits per heavy atom. The van der Waals surface area contributed by atoms with Gasteiger partial charge in [-0.25, -0.2) is 9.97 Å². The third-order valence-electron chi connectivity index (χ3n) is 3.39. The van der Waals surface area contributed by atoms with Gasteiger partial charge in [0.05, 0.1) is 0 Å². The first-order valence-corrected chi connectivity index (χ1v) is 7.25. The SMILES string of the molecule is CCOCc1nc(N)cc(N2CCCCCCC2)n1. The monoisotopic (exact) mass is 264 g/mol. The Labute approximate surface area is 115 Å². The van der Waals surface area contributed by atoms with E-state index in [1.54, 1.807) is 0 Å². The highest BCUT2D eigenvalue weighted by molar-refractivity contribution is 5.47. The largest absolute Gasteiger partial charge is 0.384 e. The zero-order chi connectivity index (χ0) is 13.5. The molecule has 0 aliphatic carbocycles. The number of aromatic nitrogens is 2. The fourth-order valence-corrected chi connectivity index (χ4v) is 2.40. The number of hydrogen-bond acceptors (Lipinski definition) is 5. The third-order valence-corrected chi connectivity index (χ3v) is 3.39. The molecule has 1 saturated heterocycles. The van der Waals surface area contributed by atoms with Gasteiger partial charge in [0.2, 0.25) is 0 Å². The second kappa shape index (κ2) is 7.28. The van der Waals surface area contributed by atoms with E-state index in [4.69, 9.17) is 10.5 Å². The molecule has 0 bridgehead atoms. The van der Waals surface area contributed by atoms with E-state index in [0.29, 0.717) is 24.9 Å². The van der Waals surface area contributed by atoms with Crippen LogP contribution in [0.2, 0.25) is 0 Å². The van der Waals surface area contributed by atoms with Crippen molar-refractivity contribution in [1.29, 1.82) is 0 Å². The van der Waals surface area contributed by atoms with Crippen molar-refractivity contribution in [3.8, 4) is 0 Å². The van der Waals surface area contributed by atoms with Gasteiger partial charge in [0.1, 0.15) is 18.2 Å². The van der Waals surface area contributed by atoms with E-state index < -0.39 is 0 Å². The summed E-state index contributed by atoms with van der Waals surface area (Å²) in [4.78, 5) is 11.1. The lowest BCUT2D eigenvalue weighted by Gasteiger charge is -2.26. The highest BCUT2D eigenvalue weighted by Gasteiger charge is 2.12. The average molecular weight is 264 g/mol. The first-order chi connectivity index (χ1) is 9.29. The number of rotatable bonds is 4. The van der Waals surface area contributed by atoms with Crippen LogP contribution < -0.4 is 10.6 Å². The van der Waals surface area contributed by atoms with Crippen LogP contribution in [0.4, 0.5) is 11.6 Å². The minimum Gasteiger partial charge on any atom is -0.384 e. The Hall–Kier alpha value is -1.36. The number of nitrogen functional groups attached to an aromatic ring is 1. The smallest absolute Gasteiger partial charge is 0.158 e. The summed E-state index contributed by atoms with van der Waals surface area (Å²) < 4.78 is 5.36. The molecule has 1 aliphatic rings. The molecule has 1 aromatic heterocycles. The second-order valence-corrected chi connectivity index (χ2v) is 4.96. The molecule has 2 rings (SSSR count). The standard InChI is InChI=1S/C14H24N4O/c1-2-19-11-13-16-12(15)10-14(17-13)18-8-6-4-3-5-7-9-18/h10H,2-9,11H2,1H3,(H2,15,16,17). The molecule has 1 fully saturated rings. The van der Waals surface area contributed by atoms with Crippen LogP contribution in [0.5, 0.6) is 0 Å². The highest BCUT2D eigenvalue weighted by Crippen LogP contribution is 2.19. The Kier molecular flexibility index (Phi) is 5.39. The molecule has 1 aliphatic heterocycles. The van der Waals surface area contributed by atoms with Gasteiger partial charge >= 0.3 is 0 Å². The van der Waals surface area contributed by atoms with Gasteiger partial charge in [-0.1, -0.05) is 19.3 Å². The van der Waals surface area contributed by atoms with E-state index in [2.05, 4.69) is 14.9 Å². The number of nitrogens with two attached hydrogens (primary N) is 1. The Bertz CT molecular complexity index is 389. The molecular formula is C14H24N4O. The molecule has 5 nitrogen and oxygen atoms in total. The minimum atomic E-state index is 0.433. The van der Waals surface area contributed by atoms with Crippen LogP contribution in [0.1, 0.15) is 44.9 Å². The number of hydrogen-bond donors (Lipinski definition) is 1. The lowest BCUT2D eigenvalue weighted by Crippen LogP contribution is -2.28. The maximum Gasteiger partial charge on any atom is 0.158 e. The fourth-order valence-electron chi connectivity index (χ4n) is 2.40. The van der Waals surface area contributed by atoms with Gasteiger partial charge in [-0.15, -0.1) is 0 Å². The fraction of sp³-hybridized carbons (Fsp3) is 0.714. The zero-order valence-electron chi connectivity index (χ0n) is 11.8. The molecule has 0 saturated carbocycles. The summed E-state index contributed by atoms with van der Waals surface area (Å²) in [6.45, 7) is 5.18. The highest BCUT2D eigenvalue weighted by atomic mass is 16.5. The van der Waals surface area contributed by atoms with E-state index in [9.17, 15) is 0 Å². The quantitative estimate of drug-likeness (QED) is 0.904. The van der Waals surface area contributed by atoms with E-state index in [-0.39, 0.29) is 0 Å². The molecule has 19 heavy (non-hydrogen) atoms. The van der Waals surface area contributed by atoms with E-state index >= 15 is 0 Å². The van der Waals surface area contributed by atoms with Crippen molar-refractivity contribution in [1.82, 2.24) is 9.97 Å². The molecule has 0 radical (unpaired) electrons. The normalized spacial score (nSPS) is 17.0. The van der Waals surface area contributed by atoms with Crippen molar-refractivity contribution >= 4 is 11.6 Å². The Morgan fingerprint density at radius 3 is 2.53 bits per heavy atom. The summed E-state index contributed by atoms with van der Waals surface area (Å²) in [7, 11) is 0. The summed E-state index contributed by atoms with van der Waals surface area (Å²) in [5.41, 5.74) is 5.87. The summed E-state index contributed by atoms with van der Waals surface area (Å²) in [5.74, 6) is 2.16. The summed E-state index contributed by atoms with van der Waals surface area (Å²) in [5, 5.41) is 0. The van der Waals surface area contributed by atoms with Crippen LogP contribution in [0.3, 0.4) is 0 Å². The maximum absolute atomic E-state index is 5.87.